The molecule has 6 heteroatoms. The second-order valence-electron chi connectivity index (χ2n) is 6.93. The molecule has 140 valence electrons. The summed E-state index contributed by atoms with van der Waals surface area (Å²) in [6.07, 6.45) is 5.92. The van der Waals surface area contributed by atoms with Crippen LogP contribution in [-0.2, 0) is 0 Å². The topological polar surface area (TPSA) is 59.4 Å². The Hall–Kier alpha value is -2.50. The Kier molecular flexibility index (Phi) is 5.81. The van der Waals surface area contributed by atoms with Crippen LogP contribution in [0, 0.1) is 0 Å². The van der Waals surface area contributed by atoms with Crippen molar-refractivity contribution >= 4 is 11.7 Å². The van der Waals surface area contributed by atoms with Crippen LogP contribution in [0.1, 0.15) is 51.4 Å². The molecule has 0 spiro atoms. The van der Waals surface area contributed by atoms with Crippen LogP contribution in [0.3, 0.4) is 0 Å². The number of aromatic nitrogens is 2. The van der Waals surface area contributed by atoms with Gasteiger partial charge in [-0.3, -0.25) is 0 Å². The van der Waals surface area contributed by atoms with E-state index in [0.29, 0.717) is 30.6 Å². The minimum Gasteiger partial charge on any atom is -0.492 e. The van der Waals surface area contributed by atoms with E-state index in [4.69, 9.17) is 4.74 Å². The maximum Gasteiger partial charge on any atom is 0.321 e. The van der Waals surface area contributed by atoms with Crippen LogP contribution in [0.2, 0.25) is 0 Å². The third-order valence-electron chi connectivity index (χ3n) is 4.76. The summed E-state index contributed by atoms with van der Waals surface area (Å²) in [5.74, 6) is 2.05. The zero-order valence-corrected chi connectivity index (χ0v) is 15.8. The van der Waals surface area contributed by atoms with Gasteiger partial charge in [-0.05, 0) is 45.7 Å². The second-order valence-corrected chi connectivity index (χ2v) is 6.93. The number of nitrogens with zero attached hydrogens (tertiary/aromatic N) is 3. The fourth-order valence-corrected chi connectivity index (χ4v) is 3.50. The Balaban J connectivity index is 1.70. The van der Waals surface area contributed by atoms with E-state index in [2.05, 4.69) is 28.7 Å². The number of hydrogen-bond acceptors (Lipinski definition) is 3. The van der Waals surface area contributed by atoms with Crippen molar-refractivity contribution in [1.82, 2.24) is 14.5 Å². The van der Waals surface area contributed by atoms with E-state index in [-0.39, 0.29) is 11.9 Å². The first-order valence-corrected chi connectivity index (χ1v) is 9.40. The summed E-state index contributed by atoms with van der Waals surface area (Å²) in [7, 11) is 0. The Bertz CT molecular complexity index is 741. The van der Waals surface area contributed by atoms with Gasteiger partial charge in [0.05, 0.1) is 12.3 Å². The van der Waals surface area contributed by atoms with Gasteiger partial charge in [0.25, 0.3) is 0 Å². The maximum atomic E-state index is 12.8. The lowest BCUT2D eigenvalue weighted by Crippen LogP contribution is -2.42. The Morgan fingerprint density at radius 1 is 1.38 bits per heavy atom. The predicted octanol–water partition coefficient (Wildman–Crippen LogP) is 4.27. The molecule has 1 atom stereocenters. The summed E-state index contributed by atoms with van der Waals surface area (Å²) < 4.78 is 7.81. The van der Waals surface area contributed by atoms with Gasteiger partial charge in [-0.25, -0.2) is 9.78 Å². The number of likely N-dealkylation sites (tertiary alicyclic amines) is 1. The van der Waals surface area contributed by atoms with Gasteiger partial charge in [0.1, 0.15) is 11.6 Å². The molecule has 0 unspecified atom stereocenters. The van der Waals surface area contributed by atoms with Crippen molar-refractivity contribution in [2.45, 2.75) is 45.6 Å². The molecule has 1 fully saturated rings. The van der Waals surface area contributed by atoms with Crippen LogP contribution in [0.5, 0.6) is 5.75 Å². The van der Waals surface area contributed by atoms with E-state index in [1.807, 2.05) is 48.5 Å². The summed E-state index contributed by atoms with van der Waals surface area (Å²) in [5, 5.41) is 3.00. The van der Waals surface area contributed by atoms with Crippen molar-refractivity contribution in [3.8, 4) is 5.75 Å². The number of para-hydroxylation sites is 2. The lowest BCUT2D eigenvalue weighted by atomic mass is 9.97. The summed E-state index contributed by atoms with van der Waals surface area (Å²) in [6, 6.07) is 7.84. The molecule has 1 saturated heterocycles. The van der Waals surface area contributed by atoms with Crippen molar-refractivity contribution in [3.63, 3.8) is 0 Å². The molecule has 1 aliphatic heterocycles. The quantitative estimate of drug-likeness (QED) is 0.870. The van der Waals surface area contributed by atoms with Gasteiger partial charge in [-0.15, -0.1) is 0 Å². The molecular formula is C20H28N4O2. The standard InChI is InChI=1S/C20H28N4O2/c1-4-26-18-10-6-5-9-17(18)22-20(25)23-12-7-8-16(14-23)19-21-11-13-24(19)15(2)3/h5-6,9-11,13,15-16H,4,7-8,12,14H2,1-3H3,(H,22,25)/t16-/m1/s1. The van der Waals surface area contributed by atoms with Gasteiger partial charge in [0.2, 0.25) is 0 Å². The van der Waals surface area contributed by atoms with Crippen LogP contribution < -0.4 is 10.1 Å². The normalized spacial score (nSPS) is 17.4. The molecule has 0 aliphatic carbocycles. The van der Waals surface area contributed by atoms with Gasteiger partial charge in [0, 0.05) is 37.4 Å². The van der Waals surface area contributed by atoms with E-state index in [0.717, 1.165) is 25.2 Å². The maximum absolute atomic E-state index is 12.8. The summed E-state index contributed by atoms with van der Waals surface area (Å²) >= 11 is 0. The van der Waals surface area contributed by atoms with Crippen LogP contribution in [0.4, 0.5) is 10.5 Å². The first-order chi connectivity index (χ1) is 12.6. The van der Waals surface area contributed by atoms with Crippen LogP contribution in [0.25, 0.3) is 0 Å². The highest BCUT2D eigenvalue weighted by molar-refractivity contribution is 5.91. The van der Waals surface area contributed by atoms with Gasteiger partial charge < -0.3 is 19.5 Å². The molecule has 1 N–H and O–H groups in total. The highest BCUT2D eigenvalue weighted by Crippen LogP contribution is 2.29. The molecule has 2 amide bonds. The Morgan fingerprint density at radius 2 is 2.19 bits per heavy atom. The van der Waals surface area contributed by atoms with Crippen LogP contribution >= 0.6 is 0 Å². The number of carbonyl (C=O) groups excluding carboxylic acids is 1. The average molecular weight is 356 g/mol. The molecule has 0 radical (unpaired) electrons. The van der Waals surface area contributed by atoms with Crippen molar-refractivity contribution in [1.29, 1.82) is 0 Å². The number of amides is 2. The number of ether oxygens (including phenoxy) is 1. The molecule has 3 rings (SSSR count). The van der Waals surface area contributed by atoms with Crippen molar-refractivity contribution < 1.29 is 9.53 Å². The number of benzene rings is 1. The van der Waals surface area contributed by atoms with Gasteiger partial charge in [0.15, 0.2) is 0 Å². The largest absolute Gasteiger partial charge is 0.492 e. The number of urea groups is 1. The monoisotopic (exact) mass is 356 g/mol. The number of anilines is 1. The first kappa shape index (κ1) is 18.3. The molecule has 6 nitrogen and oxygen atoms in total. The third kappa shape index (κ3) is 4.00. The highest BCUT2D eigenvalue weighted by atomic mass is 16.5. The molecular weight excluding hydrogens is 328 g/mol. The van der Waals surface area contributed by atoms with Gasteiger partial charge >= 0.3 is 6.03 Å². The average Bonchev–Trinajstić information content (AvgIpc) is 3.14. The van der Waals surface area contributed by atoms with Crippen molar-refractivity contribution in [3.05, 3.63) is 42.5 Å². The minimum atomic E-state index is -0.0792. The summed E-state index contributed by atoms with van der Waals surface area (Å²) in [6.45, 7) is 8.27. The minimum absolute atomic E-state index is 0.0792. The zero-order chi connectivity index (χ0) is 18.5. The lowest BCUT2D eigenvalue weighted by Gasteiger charge is -2.33. The predicted molar refractivity (Wildman–Crippen MR) is 103 cm³/mol. The Labute approximate surface area is 155 Å². The van der Waals surface area contributed by atoms with E-state index in [1.54, 1.807) is 0 Å². The van der Waals surface area contributed by atoms with Crippen molar-refractivity contribution in [2.24, 2.45) is 0 Å². The fraction of sp³-hybridized carbons (Fsp3) is 0.500. The van der Waals surface area contributed by atoms with E-state index < -0.39 is 0 Å². The van der Waals surface area contributed by atoms with E-state index in [1.165, 1.54) is 0 Å². The smallest absolute Gasteiger partial charge is 0.321 e. The molecule has 26 heavy (non-hydrogen) atoms. The molecule has 2 heterocycles. The summed E-state index contributed by atoms with van der Waals surface area (Å²) in [5.41, 5.74) is 0.713. The third-order valence-corrected chi connectivity index (χ3v) is 4.76. The molecule has 1 aromatic heterocycles. The molecule has 1 aliphatic rings. The fourth-order valence-electron chi connectivity index (χ4n) is 3.50. The molecule has 2 aromatic rings. The first-order valence-electron chi connectivity index (χ1n) is 9.40. The number of imidazole rings is 1. The van der Waals surface area contributed by atoms with Gasteiger partial charge in [-0.2, -0.15) is 0 Å². The lowest BCUT2D eigenvalue weighted by molar-refractivity contribution is 0.190. The number of carbonyl (C=O) groups is 1. The van der Waals surface area contributed by atoms with Crippen molar-refractivity contribution in [2.75, 3.05) is 25.0 Å². The van der Waals surface area contributed by atoms with Crippen LogP contribution in [0.15, 0.2) is 36.7 Å². The number of rotatable bonds is 5. The zero-order valence-electron chi connectivity index (χ0n) is 15.8. The second kappa shape index (κ2) is 8.25. The van der Waals surface area contributed by atoms with E-state index >= 15 is 0 Å². The molecule has 1 aromatic carbocycles. The van der Waals surface area contributed by atoms with Crippen LogP contribution in [-0.4, -0.2) is 40.2 Å². The van der Waals surface area contributed by atoms with Gasteiger partial charge in [-0.1, -0.05) is 12.1 Å². The number of nitrogens with one attached hydrogen (secondary N) is 1. The number of hydrogen-bond donors (Lipinski definition) is 1. The summed E-state index contributed by atoms with van der Waals surface area (Å²) in [4.78, 5) is 19.2. The highest BCUT2D eigenvalue weighted by Gasteiger charge is 2.28. The molecule has 0 bridgehead atoms. The van der Waals surface area contributed by atoms with E-state index in [9.17, 15) is 4.79 Å². The number of piperidine rings is 1. The Morgan fingerprint density at radius 3 is 2.96 bits per heavy atom. The SMILES string of the molecule is CCOc1ccccc1NC(=O)N1CCC[C@@H](c2nccn2C(C)C)C1. The molecule has 0 saturated carbocycles.